The second-order valence-electron chi connectivity index (χ2n) is 6.96. The van der Waals surface area contributed by atoms with Gasteiger partial charge in [0, 0.05) is 51.4 Å². The van der Waals surface area contributed by atoms with Gasteiger partial charge in [-0.1, -0.05) is 24.3 Å². The average Bonchev–Trinajstić information content (AvgIpc) is 3.14. The molecule has 0 aliphatic carbocycles. The van der Waals surface area contributed by atoms with E-state index in [1.807, 2.05) is 10.8 Å². The Kier molecular flexibility index (Phi) is 11.4. The zero-order valence-electron chi connectivity index (χ0n) is 17.9. The van der Waals surface area contributed by atoms with Gasteiger partial charge >= 0.3 is 6.18 Å². The minimum atomic E-state index is -4.19. The van der Waals surface area contributed by atoms with Crippen LogP contribution >= 0.6 is 0 Å². The first-order chi connectivity index (χ1) is 15.0. The zero-order valence-corrected chi connectivity index (χ0v) is 17.9. The second kappa shape index (κ2) is 13.5. The third kappa shape index (κ3) is 12.1. The van der Waals surface area contributed by atoms with Gasteiger partial charge in [-0.15, -0.1) is 0 Å². The molecule has 0 saturated carbocycles. The van der Waals surface area contributed by atoms with Crippen molar-refractivity contribution in [2.24, 2.45) is 0 Å². The fraction of sp³-hybridized carbons (Fsp3) is 0.476. The number of benzene rings is 1. The van der Waals surface area contributed by atoms with Gasteiger partial charge in [0.05, 0.1) is 19.1 Å². The van der Waals surface area contributed by atoms with Crippen LogP contribution in [0.1, 0.15) is 25.8 Å². The van der Waals surface area contributed by atoms with Crippen LogP contribution in [0.25, 0.3) is 11.4 Å². The Morgan fingerprint density at radius 3 is 2.28 bits per heavy atom. The molecule has 0 amide bonds. The van der Waals surface area contributed by atoms with Crippen molar-refractivity contribution in [1.82, 2.24) is 14.9 Å². The van der Waals surface area contributed by atoms with E-state index in [4.69, 9.17) is 24.5 Å². The molecule has 0 bridgehead atoms. The van der Waals surface area contributed by atoms with E-state index in [1.54, 1.807) is 18.3 Å². The molecular formula is C21H28F3N3O5. The predicted molar refractivity (Wildman–Crippen MR) is 111 cm³/mol. The summed E-state index contributed by atoms with van der Waals surface area (Å²) in [6, 6.07) is 6.41. The van der Waals surface area contributed by atoms with Gasteiger partial charge in [-0.2, -0.15) is 13.2 Å². The quantitative estimate of drug-likeness (QED) is 0.629. The van der Waals surface area contributed by atoms with Crippen LogP contribution in [-0.2, 0) is 27.3 Å². The number of nitrogens with one attached hydrogen (secondary N) is 1. The lowest BCUT2D eigenvalue weighted by atomic mass is 10.1. The van der Waals surface area contributed by atoms with Gasteiger partial charge in [0.15, 0.2) is 0 Å². The van der Waals surface area contributed by atoms with E-state index in [2.05, 4.69) is 10.3 Å². The van der Waals surface area contributed by atoms with E-state index < -0.39 is 24.5 Å². The standard InChI is InChI=1S/C17H20F3N3O.2C2H4O2/c18-17(19,20)11-13-1-3-14(4-2-13)16-22-6-9-23(16)8-5-15-12-21-7-10-24-15;2*1-2(3)4/h1-4,6,9,15,21H,5,7-8,10-12H2;2*1H3,(H,3,4). The molecule has 1 aliphatic heterocycles. The monoisotopic (exact) mass is 459 g/mol. The van der Waals surface area contributed by atoms with E-state index in [0.717, 1.165) is 57.9 Å². The molecule has 0 spiro atoms. The first-order valence-electron chi connectivity index (χ1n) is 9.86. The third-order valence-electron chi connectivity index (χ3n) is 4.03. The first kappa shape index (κ1) is 27.1. The van der Waals surface area contributed by atoms with Crippen LogP contribution in [-0.4, -0.2) is 63.7 Å². The Morgan fingerprint density at radius 2 is 1.78 bits per heavy atom. The molecule has 3 N–H and O–H groups in total. The van der Waals surface area contributed by atoms with Crippen LogP contribution in [0.15, 0.2) is 36.7 Å². The van der Waals surface area contributed by atoms with Gasteiger partial charge in [0.2, 0.25) is 0 Å². The van der Waals surface area contributed by atoms with E-state index in [9.17, 15) is 13.2 Å². The number of carboxylic acid groups (broad SMARTS) is 2. The van der Waals surface area contributed by atoms with Gasteiger partial charge in [-0.05, 0) is 12.0 Å². The predicted octanol–water partition coefficient (Wildman–Crippen LogP) is 3.22. The van der Waals surface area contributed by atoms with Gasteiger partial charge in [-0.25, -0.2) is 4.98 Å². The minimum absolute atomic E-state index is 0.183. The average molecular weight is 459 g/mol. The van der Waals surface area contributed by atoms with Crippen LogP contribution in [0.4, 0.5) is 13.2 Å². The van der Waals surface area contributed by atoms with Crippen molar-refractivity contribution in [3.63, 3.8) is 0 Å². The number of halogens is 3. The van der Waals surface area contributed by atoms with E-state index in [1.165, 1.54) is 12.1 Å². The molecule has 3 rings (SSSR count). The molecule has 0 radical (unpaired) electrons. The number of carboxylic acids is 2. The maximum atomic E-state index is 12.4. The van der Waals surface area contributed by atoms with Crippen molar-refractivity contribution in [3.8, 4) is 11.4 Å². The Balaban J connectivity index is 0.000000554. The Hall–Kier alpha value is -2.92. The molecule has 1 aliphatic rings. The van der Waals surface area contributed by atoms with Crippen LogP contribution in [0, 0.1) is 0 Å². The highest BCUT2D eigenvalue weighted by molar-refractivity contribution is 5.63. The fourth-order valence-corrected chi connectivity index (χ4v) is 2.84. The number of hydrogen-bond acceptors (Lipinski definition) is 5. The summed E-state index contributed by atoms with van der Waals surface area (Å²) < 4.78 is 45.0. The molecular weight excluding hydrogens is 431 g/mol. The Morgan fingerprint density at radius 1 is 1.19 bits per heavy atom. The highest BCUT2D eigenvalue weighted by Crippen LogP contribution is 2.24. The van der Waals surface area contributed by atoms with Crippen molar-refractivity contribution in [1.29, 1.82) is 0 Å². The van der Waals surface area contributed by atoms with Gasteiger partial charge in [0.25, 0.3) is 11.9 Å². The summed E-state index contributed by atoms with van der Waals surface area (Å²) >= 11 is 0. The summed E-state index contributed by atoms with van der Waals surface area (Å²) in [5.74, 6) is -0.905. The SMILES string of the molecule is CC(=O)O.CC(=O)O.FC(F)(F)Cc1ccc(-c2nccn2CCC2CNCCO2)cc1. The minimum Gasteiger partial charge on any atom is -0.481 e. The zero-order chi connectivity index (χ0) is 24.1. The van der Waals surface area contributed by atoms with Crippen molar-refractivity contribution in [2.45, 2.75) is 45.5 Å². The highest BCUT2D eigenvalue weighted by atomic mass is 19.4. The summed E-state index contributed by atoms with van der Waals surface area (Å²) in [7, 11) is 0. The molecule has 32 heavy (non-hydrogen) atoms. The number of hydrogen-bond donors (Lipinski definition) is 3. The number of rotatable bonds is 5. The Bertz CT molecular complexity index is 812. The first-order valence-corrected chi connectivity index (χ1v) is 9.86. The number of aliphatic carboxylic acids is 2. The number of aromatic nitrogens is 2. The number of alkyl halides is 3. The molecule has 1 unspecified atom stereocenters. The van der Waals surface area contributed by atoms with Gasteiger partial charge in [-0.3, -0.25) is 9.59 Å². The summed E-state index contributed by atoms with van der Waals surface area (Å²) in [5, 5.41) is 18.1. The topological polar surface area (TPSA) is 114 Å². The number of morpholine rings is 1. The fourth-order valence-electron chi connectivity index (χ4n) is 2.84. The van der Waals surface area contributed by atoms with Crippen LogP contribution < -0.4 is 5.32 Å². The van der Waals surface area contributed by atoms with Crippen LogP contribution in [0.2, 0.25) is 0 Å². The number of carbonyl (C=O) groups is 2. The molecule has 2 aromatic rings. The normalized spacial score (nSPS) is 15.6. The number of nitrogens with zero attached hydrogens (tertiary/aromatic N) is 2. The molecule has 1 atom stereocenters. The molecule has 1 fully saturated rings. The molecule has 1 aromatic heterocycles. The number of aryl methyl sites for hydroxylation is 1. The van der Waals surface area contributed by atoms with Gasteiger partial charge < -0.3 is 24.8 Å². The van der Waals surface area contributed by atoms with Crippen LogP contribution in [0.3, 0.4) is 0 Å². The van der Waals surface area contributed by atoms with E-state index in [-0.39, 0.29) is 11.7 Å². The third-order valence-corrected chi connectivity index (χ3v) is 4.03. The maximum absolute atomic E-state index is 12.4. The smallest absolute Gasteiger partial charge is 0.393 e. The molecule has 178 valence electrons. The second-order valence-corrected chi connectivity index (χ2v) is 6.96. The van der Waals surface area contributed by atoms with Gasteiger partial charge in [0.1, 0.15) is 5.82 Å². The van der Waals surface area contributed by atoms with Crippen LogP contribution in [0.5, 0.6) is 0 Å². The lowest BCUT2D eigenvalue weighted by Gasteiger charge is -2.23. The van der Waals surface area contributed by atoms with Crippen molar-refractivity contribution < 1.29 is 37.7 Å². The van der Waals surface area contributed by atoms with Crippen molar-refractivity contribution in [3.05, 3.63) is 42.2 Å². The Labute approximate surface area is 184 Å². The van der Waals surface area contributed by atoms with E-state index >= 15 is 0 Å². The lowest BCUT2D eigenvalue weighted by molar-refractivity contribution is -0.135. The largest absolute Gasteiger partial charge is 0.481 e. The number of imidazole rings is 1. The summed E-state index contributed by atoms with van der Waals surface area (Å²) in [5.41, 5.74) is 1.07. The number of ether oxygens (including phenoxy) is 1. The lowest BCUT2D eigenvalue weighted by Crippen LogP contribution is -2.38. The molecule has 1 saturated heterocycles. The molecule has 1 aromatic carbocycles. The molecule has 2 heterocycles. The van der Waals surface area contributed by atoms with Crippen molar-refractivity contribution in [2.75, 3.05) is 19.7 Å². The summed E-state index contributed by atoms with van der Waals surface area (Å²) in [4.78, 5) is 22.3. The summed E-state index contributed by atoms with van der Waals surface area (Å²) in [6.45, 7) is 5.38. The molecule has 11 heteroatoms. The summed E-state index contributed by atoms with van der Waals surface area (Å²) in [6.07, 6.45) is -0.457. The van der Waals surface area contributed by atoms with E-state index in [0.29, 0.717) is 0 Å². The maximum Gasteiger partial charge on any atom is 0.393 e. The highest BCUT2D eigenvalue weighted by Gasteiger charge is 2.27. The van der Waals surface area contributed by atoms with Crippen molar-refractivity contribution >= 4 is 11.9 Å². The molecule has 8 nitrogen and oxygen atoms in total.